The van der Waals surface area contributed by atoms with Gasteiger partial charge in [0.2, 0.25) is 0 Å². The van der Waals surface area contributed by atoms with Crippen LogP contribution in [0.25, 0.3) is 21.6 Å². The number of H-pyrrole nitrogens is 1. The largest absolute Gasteiger partial charge is 0.351 e. The number of hydrogen-bond acceptors (Lipinski definition) is 4. The lowest BCUT2D eigenvalue weighted by molar-refractivity contribution is 0.0948. The van der Waals surface area contributed by atoms with Crippen LogP contribution >= 0.6 is 11.3 Å². The van der Waals surface area contributed by atoms with E-state index in [9.17, 15) is 4.79 Å². The van der Waals surface area contributed by atoms with Gasteiger partial charge in [-0.3, -0.25) is 9.89 Å². The third-order valence-corrected chi connectivity index (χ3v) is 5.19. The monoisotopic (exact) mass is 365 g/mol. The summed E-state index contributed by atoms with van der Waals surface area (Å²) in [5, 5.41) is 12.0. The van der Waals surface area contributed by atoms with Gasteiger partial charge in [0.25, 0.3) is 5.91 Å². The number of carbonyl (C=O) groups is 1. The van der Waals surface area contributed by atoms with Gasteiger partial charge < -0.3 is 9.88 Å². The van der Waals surface area contributed by atoms with E-state index in [1.54, 1.807) is 17.4 Å². The number of nitrogens with one attached hydrogen (secondary N) is 2. The molecule has 0 bridgehead atoms. The number of aromatic nitrogens is 4. The molecule has 7 heteroatoms. The molecule has 0 fully saturated rings. The Kier molecular flexibility index (Phi) is 4.53. The van der Waals surface area contributed by atoms with E-state index >= 15 is 0 Å². The molecule has 3 aromatic heterocycles. The number of hydrogen-bond donors (Lipinski definition) is 2. The first-order valence-electron chi connectivity index (χ1n) is 8.52. The minimum absolute atomic E-state index is 0.156. The Bertz CT molecular complexity index is 1030. The highest BCUT2D eigenvalue weighted by molar-refractivity contribution is 7.13. The molecule has 0 saturated heterocycles. The van der Waals surface area contributed by atoms with E-state index in [0.717, 1.165) is 40.4 Å². The predicted molar refractivity (Wildman–Crippen MR) is 103 cm³/mol. The smallest absolute Gasteiger partial charge is 0.271 e. The van der Waals surface area contributed by atoms with Crippen LogP contribution < -0.4 is 5.32 Å². The first-order valence-corrected chi connectivity index (χ1v) is 9.40. The summed E-state index contributed by atoms with van der Waals surface area (Å²) in [5.74, 6) is 0.835. The second-order valence-electron chi connectivity index (χ2n) is 6.05. The zero-order chi connectivity index (χ0) is 17.9. The van der Waals surface area contributed by atoms with Crippen molar-refractivity contribution in [3.05, 3.63) is 59.4 Å². The summed E-state index contributed by atoms with van der Waals surface area (Å²) in [5.41, 5.74) is 3.42. The Morgan fingerprint density at radius 2 is 2.15 bits per heavy atom. The van der Waals surface area contributed by atoms with Gasteiger partial charge in [-0.25, -0.2) is 4.98 Å². The lowest BCUT2D eigenvalue weighted by Crippen LogP contribution is -2.25. The molecule has 0 aliphatic rings. The fraction of sp³-hybridized carbons (Fsp3) is 0.211. The molecule has 6 nitrogen and oxygen atoms in total. The maximum atomic E-state index is 12.3. The summed E-state index contributed by atoms with van der Waals surface area (Å²) in [6, 6.07) is 13.9. The minimum Gasteiger partial charge on any atom is -0.351 e. The van der Waals surface area contributed by atoms with Crippen molar-refractivity contribution in [1.29, 1.82) is 0 Å². The summed E-state index contributed by atoms with van der Waals surface area (Å²) < 4.78 is 2.19. The lowest BCUT2D eigenvalue weighted by atomic mass is 10.3. The Morgan fingerprint density at radius 3 is 3.00 bits per heavy atom. The van der Waals surface area contributed by atoms with E-state index in [0.29, 0.717) is 12.2 Å². The van der Waals surface area contributed by atoms with E-state index in [-0.39, 0.29) is 5.91 Å². The van der Waals surface area contributed by atoms with E-state index in [1.807, 2.05) is 42.6 Å². The Hall–Kier alpha value is -2.93. The first-order chi connectivity index (χ1) is 12.7. The summed E-state index contributed by atoms with van der Waals surface area (Å²) in [7, 11) is 0. The van der Waals surface area contributed by atoms with Crippen molar-refractivity contribution >= 4 is 28.3 Å². The molecule has 4 rings (SSSR count). The molecule has 4 aromatic rings. The lowest BCUT2D eigenvalue weighted by Gasteiger charge is -2.07. The zero-order valence-corrected chi connectivity index (χ0v) is 15.2. The van der Waals surface area contributed by atoms with Crippen LogP contribution in [-0.2, 0) is 6.54 Å². The zero-order valence-electron chi connectivity index (χ0n) is 14.4. The number of thiophene rings is 1. The molecule has 3 heterocycles. The number of carbonyl (C=O) groups excluding carboxylic acids is 1. The average Bonchev–Trinajstić information content (AvgIpc) is 3.38. The number of benzene rings is 1. The number of aromatic amines is 1. The van der Waals surface area contributed by atoms with Crippen LogP contribution in [0.5, 0.6) is 0 Å². The number of aryl methyl sites for hydroxylation is 2. The maximum absolute atomic E-state index is 12.3. The Morgan fingerprint density at radius 1 is 1.27 bits per heavy atom. The van der Waals surface area contributed by atoms with Crippen molar-refractivity contribution in [2.75, 3.05) is 6.54 Å². The van der Waals surface area contributed by atoms with Crippen LogP contribution in [-0.4, -0.2) is 32.2 Å². The normalized spacial score (nSPS) is 11.1. The summed E-state index contributed by atoms with van der Waals surface area (Å²) in [6.45, 7) is 3.41. The van der Waals surface area contributed by atoms with Crippen LogP contribution in [0.3, 0.4) is 0 Å². The molecule has 1 amide bonds. The van der Waals surface area contributed by atoms with Crippen molar-refractivity contribution in [2.24, 2.45) is 0 Å². The van der Waals surface area contributed by atoms with Crippen molar-refractivity contribution < 1.29 is 4.79 Å². The van der Waals surface area contributed by atoms with Crippen LogP contribution in [0.2, 0.25) is 0 Å². The number of nitrogens with zero attached hydrogens (tertiary/aromatic N) is 3. The first kappa shape index (κ1) is 16.5. The van der Waals surface area contributed by atoms with Crippen LogP contribution in [0.1, 0.15) is 22.7 Å². The van der Waals surface area contributed by atoms with Gasteiger partial charge in [0.05, 0.1) is 21.6 Å². The van der Waals surface area contributed by atoms with Crippen LogP contribution in [0.4, 0.5) is 0 Å². The second-order valence-corrected chi connectivity index (χ2v) is 7.00. The Balaban J connectivity index is 1.33. The average molecular weight is 365 g/mol. The molecule has 0 spiro atoms. The van der Waals surface area contributed by atoms with Gasteiger partial charge in [-0.1, -0.05) is 18.2 Å². The standard InChI is InChI=1S/C19H19N5OS/c1-13-21-14-6-2-3-7-17(14)24(13)10-5-9-20-19(25)16-12-15(22-23-16)18-8-4-11-26-18/h2-4,6-8,11-12H,5,9-10H2,1H3,(H,20,25)(H,22,23). The number of amides is 1. The fourth-order valence-electron chi connectivity index (χ4n) is 3.00. The highest BCUT2D eigenvalue weighted by atomic mass is 32.1. The molecular formula is C19H19N5OS. The molecule has 0 aliphatic heterocycles. The van der Waals surface area contributed by atoms with E-state index in [2.05, 4.69) is 31.1 Å². The highest BCUT2D eigenvalue weighted by Gasteiger charge is 2.12. The number of para-hydroxylation sites is 2. The molecule has 2 N–H and O–H groups in total. The molecule has 26 heavy (non-hydrogen) atoms. The maximum Gasteiger partial charge on any atom is 0.271 e. The molecule has 1 aromatic carbocycles. The van der Waals surface area contributed by atoms with Crippen molar-refractivity contribution in [1.82, 2.24) is 25.1 Å². The van der Waals surface area contributed by atoms with Crippen LogP contribution in [0.15, 0.2) is 47.8 Å². The number of rotatable bonds is 6. The van der Waals surface area contributed by atoms with Gasteiger partial charge in [-0.15, -0.1) is 11.3 Å². The van der Waals surface area contributed by atoms with Crippen molar-refractivity contribution in [3.63, 3.8) is 0 Å². The summed E-state index contributed by atoms with van der Waals surface area (Å²) in [4.78, 5) is 17.9. The molecule has 0 saturated carbocycles. The number of imidazole rings is 1. The minimum atomic E-state index is -0.156. The highest BCUT2D eigenvalue weighted by Crippen LogP contribution is 2.22. The fourth-order valence-corrected chi connectivity index (χ4v) is 3.70. The molecule has 0 aliphatic carbocycles. The summed E-state index contributed by atoms with van der Waals surface area (Å²) >= 11 is 1.61. The SMILES string of the molecule is Cc1nc2ccccc2n1CCCNC(=O)c1cc(-c2cccs2)[nH]n1. The summed E-state index contributed by atoms with van der Waals surface area (Å²) in [6.07, 6.45) is 0.829. The van der Waals surface area contributed by atoms with Crippen LogP contribution in [0, 0.1) is 6.92 Å². The molecule has 0 radical (unpaired) electrons. The van der Waals surface area contributed by atoms with Gasteiger partial charge in [0.15, 0.2) is 5.69 Å². The van der Waals surface area contributed by atoms with Gasteiger partial charge in [0.1, 0.15) is 5.82 Å². The van der Waals surface area contributed by atoms with Gasteiger partial charge in [0, 0.05) is 13.1 Å². The van der Waals surface area contributed by atoms with Gasteiger partial charge in [-0.05, 0) is 43.0 Å². The van der Waals surface area contributed by atoms with E-state index < -0.39 is 0 Å². The third-order valence-electron chi connectivity index (χ3n) is 4.29. The molecule has 0 atom stereocenters. The van der Waals surface area contributed by atoms with Gasteiger partial charge in [-0.2, -0.15) is 5.10 Å². The molecule has 132 valence electrons. The number of fused-ring (bicyclic) bond motifs is 1. The van der Waals surface area contributed by atoms with Gasteiger partial charge >= 0.3 is 0 Å². The molecule has 0 unspecified atom stereocenters. The topological polar surface area (TPSA) is 75.6 Å². The van der Waals surface area contributed by atoms with Crippen molar-refractivity contribution in [3.8, 4) is 10.6 Å². The quantitative estimate of drug-likeness (QED) is 0.513. The third kappa shape index (κ3) is 3.25. The van der Waals surface area contributed by atoms with E-state index in [4.69, 9.17) is 0 Å². The Labute approximate surface area is 154 Å². The second kappa shape index (κ2) is 7.13. The predicted octanol–water partition coefficient (Wildman–Crippen LogP) is 3.62. The van der Waals surface area contributed by atoms with E-state index in [1.165, 1.54) is 0 Å². The molecular weight excluding hydrogens is 346 g/mol. The van der Waals surface area contributed by atoms with Crippen molar-refractivity contribution in [2.45, 2.75) is 19.9 Å².